The molecule has 2 aromatic rings. The number of ether oxygens (including phenoxy) is 1. The summed E-state index contributed by atoms with van der Waals surface area (Å²) in [5.41, 5.74) is 0.949. The maximum atomic E-state index is 6.01. The summed E-state index contributed by atoms with van der Waals surface area (Å²) in [4.78, 5) is 4.20. The number of nitrogens with one attached hydrogen (secondary N) is 1. The summed E-state index contributed by atoms with van der Waals surface area (Å²) >= 11 is 12.0. The number of nitrogens with zero attached hydrogens (tertiary/aromatic N) is 1. The lowest BCUT2D eigenvalue weighted by molar-refractivity contribution is 0.306. The van der Waals surface area contributed by atoms with Crippen LogP contribution < -0.4 is 10.1 Å². The third-order valence-electron chi connectivity index (χ3n) is 2.38. The summed E-state index contributed by atoms with van der Waals surface area (Å²) in [7, 11) is 1.82. The van der Waals surface area contributed by atoms with Crippen LogP contribution in [-0.2, 0) is 6.61 Å². The minimum atomic E-state index is 0.375. The number of pyridine rings is 1. The van der Waals surface area contributed by atoms with E-state index in [0.717, 1.165) is 11.4 Å². The van der Waals surface area contributed by atoms with Crippen LogP contribution in [0.25, 0.3) is 0 Å². The SMILES string of the molecule is CNc1ccc(COc2c(Cl)cccc2Cl)cn1. The zero-order valence-corrected chi connectivity index (χ0v) is 11.3. The maximum Gasteiger partial charge on any atom is 0.156 e. The monoisotopic (exact) mass is 282 g/mol. The number of hydrogen-bond acceptors (Lipinski definition) is 3. The van der Waals surface area contributed by atoms with Crippen LogP contribution in [0.3, 0.4) is 0 Å². The summed E-state index contributed by atoms with van der Waals surface area (Å²) in [6, 6.07) is 9.08. The summed E-state index contributed by atoms with van der Waals surface area (Å²) in [5.74, 6) is 1.31. The first kappa shape index (κ1) is 13.0. The minimum Gasteiger partial charge on any atom is -0.486 e. The van der Waals surface area contributed by atoms with Crippen LogP contribution in [0.1, 0.15) is 5.56 Å². The van der Waals surface area contributed by atoms with Gasteiger partial charge in [0.15, 0.2) is 5.75 Å². The number of rotatable bonds is 4. The smallest absolute Gasteiger partial charge is 0.156 e. The van der Waals surface area contributed by atoms with Gasteiger partial charge in [0.05, 0.1) is 10.0 Å². The fraction of sp³-hybridized carbons (Fsp3) is 0.154. The van der Waals surface area contributed by atoms with Crippen molar-refractivity contribution in [3.05, 3.63) is 52.1 Å². The number of anilines is 1. The van der Waals surface area contributed by atoms with E-state index in [-0.39, 0.29) is 0 Å². The molecule has 0 saturated carbocycles. The van der Waals surface area contributed by atoms with Crippen molar-refractivity contribution in [2.24, 2.45) is 0 Å². The Bertz CT molecular complexity index is 509. The second kappa shape index (κ2) is 5.94. The molecule has 1 aromatic heterocycles. The van der Waals surface area contributed by atoms with E-state index >= 15 is 0 Å². The van der Waals surface area contributed by atoms with Gasteiger partial charge < -0.3 is 10.1 Å². The van der Waals surface area contributed by atoms with Gasteiger partial charge in [-0.3, -0.25) is 0 Å². The fourth-order valence-corrected chi connectivity index (χ4v) is 1.94. The molecule has 3 nitrogen and oxygen atoms in total. The number of benzene rings is 1. The van der Waals surface area contributed by atoms with Crippen molar-refractivity contribution in [1.82, 2.24) is 4.98 Å². The van der Waals surface area contributed by atoms with Crippen molar-refractivity contribution >= 4 is 29.0 Å². The lowest BCUT2D eigenvalue weighted by atomic mass is 10.3. The summed E-state index contributed by atoms with van der Waals surface area (Å²) in [5, 5.41) is 3.96. The number of hydrogen-bond donors (Lipinski definition) is 1. The molecule has 0 unspecified atom stereocenters. The predicted octanol–water partition coefficient (Wildman–Crippen LogP) is 4.01. The van der Waals surface area contributed by atoms with Gasteiger partial charge in [0.25, 0.3) is 0 Å². The lowest BCUT2D eigenvalue weighted by Crippen LogP contribution is -1.98. The molecule has 2 rings (SSSR count). The van der Waals surface area contributed by atoms with Crippen molar-refractivity contribution in [1.29, 1.82) is 0 Å². The van der Waals surface area contributed by atoms with E-state index in [1.165, 1.54) is 0 Å². The Labute approximate surface area is 116 Å². The predicted molar refractivity (Wildman–Crippen MR) is 74.6 cm³/mol. The van der Waals surface area contributed by atoms with E-state index < -0.39 is 0 Å². The van der Waals surface area contributed by atoms with Crippen molar-refractivity contribution in [2.45, 2.75) is 6.61 Å². The van der Waals surface area contributed by atoms with E-state index in [9.17, 15) is 0 Å². The van der Waals surface area contributed by atoms with Crippen LogP contribution in [0, 0.1) is 0 Å². The highest BCUT2D eigenvalue weighted by molar-refractivity contribution is 6.37. The molecule has 5 heteroatoms. The van der Waals surface area contributed by atoms with Gasteiger partial charge in [-0.25, -0.2) is 4.98 Å². The van der Waals surface area contributed by atoms with E-state index in [1.807, 2.05) is 19.2 Å². The molecule has 18 heavy (non-hydrogen) atoms. The Kier molecular flexibility index (Phi) is 4.28. The van der Waals surface area contributed by atoms with Crippen LogP contribution in [0.15, 0.2) is 36.5 Å². The molecular formula is C13H12Cl2N2O. The molecule has 1 N–H and O–H groups in total. The topological polar surface area (TPSA) is 34.1 Å². The normalized spacial score (nSPS) is 10.2. The summed E-state index contributed by atoms with van der Waals surface area (Å²) in [6.45, 7) is 0.375. The molecule has 1 aromatic carbocycles. The Hall–Kier alpha value is -1.45. The molecule has 0 aliphatic rings. The molecule has 94 valence electrons. The van der Waals surface area contributed by atoms with Gasteiger partial charge in [-0.2, -0.15) is 0 Å². The lowest BCUT2D eigenvalue weighted by Gasteiger charge is -2.09. The molecule has 0 atom stereocenters. The molecule has 0 fully saturated rings. The van der Waals surface area contributed by atoms with Crippen LogP contribution in [0.5, 0.6) is 5.75 Å². The van der Waals surface area contributed by atoms with Crippen molar-refractivity contribution in [3.8, 4) is 5.75 Å². The van der Waals surface area contributed by atoms with Crippen LogP contribution in [-0.4, -0.2) is 12.0 Å². The molecule has 0 amide bonds. The van der Waals surface area contributed by atoms with E-state index in [1.54, 1.807) is 24.4 Å². The largest absolute Gasteiger partial charge is 0.486 e. The Morgan fingerprint density at radius 2 is 1.89 bits per heavy atom. The van der Waals surface area contributed by atoms with Crippen LogP contribution >= 0.6 is 23.2 Å². The third-order valence-corrected chi connectivity index (χ3v) is 2.98. The van der Waals surface area contributed by atoms with Gasteiger partial charge in [0.1, 0.15) is 12.4 Å². The zero-order valence-electron chi connectivity index (χ0n) is 9.78. The first-order chi connectivity index (χ1) is 8.70. The van der Waals surface area contributed by atoms with E-state index in [0.29, 0.717) is 22.4 Å². The van der Waals surface area contributed by atoms with Gasteiger partial charge in [-0.15, -0.1) is 0 Å². The van der Waals surface area contributed by atoms with Crippen molar-refractivity contribution in [2.75, 3.05) is 12.4 Å². The third kappa shape index (κ3) is 3.06. The quantitative estimate of drug-likeness (QED) is 0.920. The molecule has 0 bridgehead atoms. The van der Waals surface area contributed by atoms with E-state index in [4.69, 9.17) is 27.9 Å². The number of halogens is 2. The molecule has 0 spiro atoms. The zero-order chi connectivity index (χ0) is 13.0. The second-order valence-corrected chi connectivity index (χ2v) is 4.46. The molecule has 0 radical (unpaired) electrons. The van der Waals surface area contributed by atoms with E-state index in [2.05, 4.69) is 10.3 Å². The first-order valence-corrected chi connectivity index (χ1v) is 6.16. The Balaban J connectivity index is 2.06. The van der Waals surface area contributed by atoms with Gasteiger partial charge in [0, 0.05) is 18.8 Å². The van der Waals surface area contributed by atoms with Crippen LogP contribution in [0.2, 0.25) is 10.0 Å². The molecule has 1 heterocycles. The Morgan fingerprint density at radius 1 is 1.17 bits per heavy atom. The summed E-state index contributed by atoms with van der Waals surface area (Å²) < 4.78 is 5.60. The van der Waals surface area contributed by atoms with Crippen LogP contribution in [0.4, 0.5) is 5.82 Å². The molecule has 0 saturated heterocycles. The maximum absolute atomic E-state index is 6.01. The highest BCUT2D eigenvalue weighted by Crippen LogP contribution is 2.32. The molecular weight excluding hydrogens is 271 g/mol. The molecule has 0 aliphatic carbocycles. The van der Waals surface area contributed by atoms with Gasteiger partial charge in [-0.05, 0) is 18.2 Å². The standard InChI is InChI=1S/C13H12Cl2N2O/c1-16-12-6-5-9(7-17-12)8-18-13-10(14)3-2-4-11(13)15/h2-7H,8H2,1H3,(H,16,17). The fourth-order valence-electron chi connectivity index (χ4n) is 1.43. The number of para-hydroxylation sites is 1. The Morgan fingerprint density at radius 3 is 2.44 bits per heavy atom. The second-order valence-electron chi connectivity index (χ2n) is 3.64. The number of aromatic nitrogens is 1. The van der Waals surface area contributed by atoms with Crippen molar-refractivity contribution < 1.29 is 4.74 Å². The van der Waals surface area contributed by atoms with Gasteiger partial charge >= 0.3 is 0 Å². The highest BCUT2D eigenvalue weighted by atomic mass is 35.5. The van der Waals surface area contributed by atoms with Gasteiger partial charge in [0.2, 0.25) is 0 Å². The average Bonchev–Trinajstić information content (AvgIpc) is 2.39. The molecule has 0 aliphatic heterocycles. The van der Waals surface area contributed by atoms with Gasteiger partial charge in [-0.1, -0.05) is 35.3 Å². The van der Waals surface area contributed by atoms with Crippen molar-refractivity contribution in [3.63, 3.8) is 0 Å². The first-order valence-electron chi connectivity index (χ1n) is 5.40. The summed E-state index contributed by atoms with van der Waals surface area (Å²) in [6.07, 6.45) is 1.75. The minimum absolute atomic E-state index is 0.375. The highest BCUT2D eigenvalue weighted by Gasteiger charge is 2.06. The average molecular weight is 283 g/mol.